The van der Waals surface area contributed by atoms with Gasteiger partial charge in [-0.05, 0) is 31.9 Å². The first-order valence-electron chi connectivity index (χ1n) is 5.32. The van der Waals surface area contributed by atoms with Crippen LogP contribution in [0.2, 0.25) is 0 Å². The van der Waals surface area contributed by atoms with Gasteiger partial charge in [-0.1, -0.05) is 13.0 Å². The van der Waals surface area contributed by atoms with Crippen LogP contribution in [0.4, 0.5) is 5.82 Å². The van der Waals surface area contributed by atoms with Crippen molar-refractivity contribution in [2.75, 3.05) is 11.9 Å². The zero-order chi connectivity index (χ0) is 12.2. The normalized spacial score (nSPS) is 13.9. The number of pyridine rings is 1. The summed E-state index contributed by atoms with van der Waals surface area (Å²) in [6.45, 7) is 5.95. The van der Waals surface area contributed by atoms with Gasteiger partial charge in [0.2, 0.25) is 0 Å². The molecule has 0 aliphatic carbocycles. The van der Waals surface area contributed by atoms with E-state index in [0.29, 0.717) is 24.5 Å². The maximum absolute atomic E-state index is 9.81. The van der Waals surface area contributed by atoms with Crippen LogP contribution in [-0.4, -0.2) is 22.2 Å². The van der Waals surface area contributed by atoms with Gasteiger partial charge in [0, 0.05) is 6.54 Å². The van der Waals surface area contributed by atoms with Gasteiger partial charge in [0.1, 0.15) is 17.6 Å². The molecule has 1 atom stereocenters. The maximum atomic E-state index is 9.81. The van der Waals surface area contributed by atoms with Gasteiger partial charge in [0.25, 0.3) is 0 Å². The first kappa shape index (κ1) is 12.5. The van der Waals surface area contributed by atoms with Gasteiger partial charge in [0.15, 0.2) is 0 Å². The summed E-state index contributed by atoms with van der Waals surface area (Å²) in [5.41, 5.74) is 0.524. The summed E-state index contributed by atoms with van der Waals surface area (Å²) in [5, 5.41) is 21.7. The minimum atomic E-state index is -0.751. The minimum absolute atomic E-state index is 0.418. The number of hydrogen-bond acceptors (Lipinski definition) is 4. The van der Waals surface area contributed by atoms with Crippen LogP contribution in [-0.2, 0) is 0 Å². The van der Waals surface area contributed by atoms with Gasteiger partial charge in [-0.25, -0.2) is 4.98 Å². The lowest BCUT2D eigenvalue weighted by Gasteiger charge is -2.21. The number of aryl methyl sites for hydroxylation is 1. The number of nitrogens with zero attached hydrogens (tertiary/aromatic N) is 2. The molecule has 1 heterocycles. The molecule has 0 aromatic carbocycles. The summed E-state index contributed by atoms with van der Waals surface area (Å²) < 4.78 is 0. The predicted octanol–water partition coefficient (Wildman–Crippen LogP) is 1.83. The summed E-state index contributed by atoms with van der Waals surface area (Å²) in [6, 6.07) is 5.68. The van der Waals surface area contributed by atoms with E-state index in [4.69, 9.17) is 5.26 Å². The molecule has 0 aliphatic rings. The molecular formula is C12H17N3O. The fraction of sp³-hybridized carbons (Fsp3) is 0.500. The molecule has 0 amide bonds. The van der Waals surface area contributed by atoms with E-state index < -0.39 is 5.60 Å². The van der Waals surface area contributed by atoms with Gasteiger partial charge in [0.05, 0.1) is 5.60 Å². The van der Waals surface area contributed by atoms with E-state index in [-0.39, 0.29) is 0 Å². The van der Waals surface area contributed by atoms with Crippen molar-refractivity contribution in [1.82, 2.24) is 4.98 Å². The molecule has 4 nitrogen and oxygen atoms in total. The average Bonchev–Trinajstić information content (AvgIpc) is 2.28. The molecule has 1 aromatic heterocycles. The van der Waals surface area contributed by atoms with E-state index >= 15 is 0 Å². The van der Waals surface area contributed by atoms with Gasteiger partial charge in [-0.2, -0.15) is 5.26 Å². The molecule has 1 aromatic rings. The lowest BCUT2D eigenvalue weighted by molar-refractivity contribution is 0.0696. The Balaban J connectivity index is 2.73. The number of nitriles is 1. The highest BCUT2D eigenvalue weighted by molar-refractivity contribution is 5.42. The van der Waals surface area contributed by atoms with Crippen molar-refractivity contribution < 1.29 is 5.11 Å². The SMILES string of the molecule is CCC(C)(O)CNc1ccc(C)c(C#N)n1. The van der Waals surface area contributed by atoms with Crippen LogP contribution < -0.4 is 5.32 Å². The van der Waals surface area contributed by atoms with Crippen molar-refractivity contribution in [1.29, 1.82) is 5.26 Å². The molecule has 86 valence electrons. The highest BCUT2D eigenvalue weighted by atomic mass is 16.3. The zero-order valence-electron chi connectivity index (χ0n) is 9.91. The van der Waals surface area contributed by atoms with Crippen molar-refractivity contribution in [3.63, 3.8) is 0 Å². The van der Waals surface area contributed by atoms with E-state index in [1.165, 1.54) is 0 Å². The summed E-state index contributed by atoms with van der Waals surface area (Å²) in [6.07, 6.45) is 0.664. The fourth-order valence-electron chi connectivity index (χ4n) is 1.15. The van der Waals surface area contributed by atoms with Crippen molar-refractivity contribution in [3.05, 3.63) is 23.4 Å². The first-order valence-corrected chi connectivity index (χ1v) is 5.32. The van der Waals surface area contributed by atoms with Gasteiger partial charge in [-0.15, -0.1) is 0 Å². The predicted molar refractivity (Wildman–Crippen MR) is 63.1 cm³/mol. The highest BCUT2D eigenvalue weighted by Crippen LogP contribution is 2.12. The highest BCUT2D eigenvalue weighted by Gasteiger charge is 2.17. The zero-order valence-corrected chi connectivity index (χ0v) is 9.91. The summed E-state index contributed by atoms with van der Waals surface area (Å²) in [7, 11) is 0. The fourth-order valence-corrected chi connectivity index (χ4v) is 1.15. The third-order valence-electron chi connectivity index (χ3n) is 2.61. The number of rotatable bonds is 4. The number of aromatic nitrogens is 1. The summed E-state index contributed by atoms with van der Waals surface area (Å²) in [4.78, 5) is 4.14. The Hall–Kier alpha value is -1.60. The molecule has 1 unspecified atom stereocenters. The van der Waals surface area contributed by atoms with Crippen molar-refractivity contribution in [2.24, 2.45) is 0 Å². The van der Waals surface area contributed by atoms with E-state index in [1.807, 2.05) is 32.0 Å². The second kappa shape index (κ2) is 4.95. The van der Waals surface area contributed by atoms with Gasteiger partial charge in [-0.3, -0.25) is 0 Å². The lowest BCUT2D eigenvalue weighted by atomic mass is 10.0. The molecule has 0 spiro atoms. The second-order valence-electron chi connectivity index (χ2n) is 4.18. The number of aliphatic hydroxyl groups is 1. The summed E-state index contributed by atoms with van der Waals surface area (Å²) >= 11 is 0. The maximum Gasteiger partial charge on any atom is 0.145 e. The molecule has 0 aliphatic heterocycles. The monoisotopic (exact) mass is 219 g/mol. The van der Waals surface area contributed by atoms with Crippen molar-refractivity contribution in [2.45, 2.75) is 32.8 Å². The van der Waals surface area contributed by atoms with Crippen LogP contribution in [0.25, 0.3) is 0 Å². The minimum Gasteiger partial charge on any atom is -0.388 e. The smallest absolute Gasteiger partial charge is 0.145 e. The van der Waals surface area contributed by atoms with E-state index in [0.717, 1.165) is 5.56 Å². The lowest BCUT2D eigenvalue weighted by Crippen LogP contribution is -2.32. The number of anilines is 1. The Morgan fingerprint density at radius 2 is 2.25 bits per heavy atom. The van der Waals surface area contributed by atoms with Gasteiger partial charge < -0.3 is 10.4 Å². The molecular weight excluding hydrogens is 202 g/mol. The van der Waals surface area contributed by atoms with E-state index in [1.54, 1.807) is 6.92 Å². The average molecular weight is 219 g/mol. The molecule has 16 heavy (non-hydrogen) atoms. The van der Waals surface area contributed by atoms with Crippen LogP contribution >= 0.6 is 0 Å². The number of hydrogen-bond donors (Lipinski definition) is 2. The van der Waals surface area contributed by atoms with Crippen molar-refractivity contribution in [3.8, 4) is 6.07 Å². The van der Waals surface area contributed by atoms with Crippen LogP contribution in [0.5, 0.6) is 0 Å². The van der Waals surface area contributed by atoms with Crippen molar-refractivity contribution >= 4 is 5.82 Å². The molecule has 0 saturated carbocycles. The Bertz CT molecular complexity index is 407. The second-order valence-corrected chi connectivity index (χ2v) is 4.18. The Kier molecular flexibility index (Phi) is 3.86. The summed E-state index contributed by atoms with van der Waals surface area (Å²) in [5.74, 6) is 0.621. The standard InChI is InChI=1S/C12H17N3O/c1-4-12(3,16)8-14-11-6-5-9(2)10(7-13)15-11/h5-6,16H,4,8H2,1-3H3,(H,14,15). The molecule has 0 radical (unpaired) electrons. The number of nitrogens with one attached hydrogen (secondary N) is 1. The first-order chi connectivity index (χ1) is 7.48. The van der Waals surface area contributed by atoms with E-state index in [9.17, 15) is 5.11 Å². The van der Waals surface area contributed by atoms with E-state index in [2.05, 4.69) is 10.3 Å². The van der Waals surface area contributed by atoms with Gasteiger partial charge >= 0.3 is 0 Å². The Morgan fingerprint density at radius 1 is 1.56 bits per heavy atom. The quantitative estimate of drug-likeness (QED) is 0.810. The third kappa shape index (κ3) is 3.21. The topological polar surface area (TPSA) is 68.9 Å². The molecule has 4 heteroatoms. The largest absolute Gasteiger partial charge is 0.388 e. The Morgan fingerprint density at radius 3 is 2.81 bits per heavy atom. The van der Waals surface area contributed by atoms with Crippen LogP contribution in [0.15, 0.2) is 12.1 Å². The molecule has 0 saturated heterocycles. The van der Waals surface area contributed by atoms with Crippen LogP contribution in [0, 0.1) is 18.3 Å². The molecule has 2 N–H and O–H groups in total. The molecule has 1 rings (SSSR count). The Labute approximate surface area is 95.9 Å². The molecule has 0 bridgehead atoms. The third-order valence-corrected chi connectivity index (χ3v) is 2.61. The van der Waals surface area contributed by atoms with Crippen LogP contribution in [0.3, 0.4) is 0 Å². The molecule has 0 fully saturated rings. The van der Waals surface area contributed by atoms with Crippen LogP contribution in [0.1, 0.15) is 31.5 Å².